The fourth-order valence-electron chi connectivity index (χ4n) is 3.90. The average molecular weight is 356 g/mol. The number of aromatic nitrogens is 3. The zero-order valence-corrected chi connectivity index (χ0v) is 14.9. The van der Waals surface area contributed by atoms with Crippen LogP contribution in [0.15, 0.2) is 29.0 Å². The van der Waals surface area contributed by atoms with Gasteiger partial charge in [-0.3, -0.25) is 9.78 Å². The largest absolute Gasteiger partial charge is 0.371 e. The van der Waals surface area contributed by atoms with Gasteiger partial charge in [0.05, 0.1) is 12.2 Å². The molecular weight excluding hydrogens is 332 g/mol. The molecule has 7 nitrogen and oxygen atoms in total. The first-order valence-corrected chi connectivity index (χ1v) is 9.39. The van der Waals surface area contributed by atoms with Crippen LogP contribution in [0.5, 0.6) is 0 Å². The van der Waals surface area contributed by atoms with E-state index in [0.29, 0.717) is 44.1 Å². The van der Waals surface area contributed by atoms with Crippen molar-refractivity contribution in [3.05, 3.63) is 30.4 Å². The topological polar surface area (TPSA) is 81.3 Å². The number of ether oxygens (including phenoxy) is 1. The second kappa shape index (κ2) is 7.53. The van der Waals surface area contributed by atoms with Crippen LogP contribution >= 0.6 is 0 Å². The van der Waals surface area contributed by atoms with E-state index in [4.69, 9.17) is 9.26 Å². The summed E-state index contributed by atoms with van der Waals surface area (Å²) in [6.07, 6.45) is 9.79. The second-order valence-electron chi connectivity index (χ2n) is 7.16. The van der Waals surface area contributed by atoms with Crippen LogP contribution < -0.4 is 0 Å². The standard InChI is InChI=1S/C19H24N4O3/c24-17(23-11-12-25-19(14-23)8-1-2-9-19)7-3-6-16-21-18(22-26-16)15-5-4-10-20-13-15/h4-5,10,13H,1-3,6-9,11-12,14H2. The van der Waals surface area contributed by atoms with E-state index < -0.39 is 0 Å². The molecule has 4 rings (SSSR count). The number of morpholine rings is 1. The van der Waals surface area contributed by atoms with Gasteiger partial charge in [-0.05, 0) is 31.4 Å². The number of hydrogen-bond acceptors (Lipinski definition) is 6. The monoisotopic (exact) mass is 356 g/mol. The van der Waals surface area contributed by atoms with Gasteiger partial charge in [-0.15, -0.1) is 0 Å². The molecule has 0 unspecified atom stereocenters. The summed E-state index contributed by atoms with van der Waals surface area (Å²) in [4.78, 5) is 23.0. The van der Waals surface area contributed by atoms with Crippen molar-refractivity contribution in [2.24, 2.45) is 0 Å². The van der Waals surface area contributed by atoms with Crippen LogP contribution in [-0.4, -0.2) is 51.2 Å². The lowest BCUT2D eigenvalue weighted by Crippen LogP contribution is -2.52. The fourth-order valence-corrected chi connectivity index (χ4v) is 3.90. The third-order valence-corrected chi connectivity index (χ3v) is 5.29. The number of aryl methyl sites for hydroxylation is 1. The van der Waals surface area contributed by atoms with Crippen LogP contribution in [-0.2, 0) is 16.0 Å². The fraction of sp³-hybridized carbons (Fsp3) is 0.579. The van der Waals surface area contributed by atoms with Crippen LogP contribution in [0.3, 0.4) is 0 Å². The van der Waals surface area contributed by atoms with Gasteiger partial charge in [-0.1, -0.05) is 18.0 Å². The summed E-state index contributed by atoms with van der Waals surface area (Å²) in [5.74, 6) is 1.30. The summed E-state index contributed by atoms with van der Waals surface area (Å²) in [7, 11) is 0. The molecule has 2 aromatic heterocycles. The molecule has 1 saturated heterocycles. The number of carbonyl (C=O) groups excluding carboxylic acids is 1. The lowest BCUT2D eigenvalue weighted by molar-refractivity contribution is -0.149. The molecule has 3 heterocycles. The highest BCUT2D eigenvalue weighted by Crippen LogP contribution is 2.36. The highest BCUT2D eigenvalue weighted by molar-refractivity contribution is 5.76. The molecule has 2 aliphatic rings. The third kappa shape index (κ3) is 3.77. The number of rotatable bonds is 5. The first kappa shape index (κ1) is 17.1. The van der Waals surface area contributed by atoms with E-state index in [2.05, 4.69) is 15.1 Å². The summed E-state index contributed by atoms with van der Waals surface area (Å²) in [5, 5.41) is 3.98. The zero-order valence-electron chi connectivity index (χ0n) is 14.9. The van der Waals surface area contributed by atoms with Crippen LogP contribution in [0.25, 0.3) is 11.4 Å². The smallest absolute Gasteiger partial charge is 0.226 e. The minimum Gasteiger partial charge on any atom is -0.371 e. The van der Waals surface area contributed by atoms with E-state index >= 15 is 0 Å². The predicted octanol–water partition coefficient (Wildman–Crippen LogP) is 2.63. The summed E-state index contributed by atoms with van der Waals surface area (Å²) < 4.78 is 11.3. The number of hydrogen-bond donors (Lipinski definition) is 0. The molecule has 2 aromatic rings. The molecule has 1 aliphatic heterocycles. The van der Waals surface area contributed by atoms with Gasteiger partial charge in [0.15, 0.2) is 0 Å². The van der Waals surface area contributed by atoms with Gasteiger partial charge in [0.1, 0.15) is 0 Å². The van der Waals surface area contributed by atoms with Crippen molar-refractivity contribution in [2.45, 2.75) is 50.5 Å². The van der Waals surface area contributed by atoms with Gasteiger partial charge in [-0.25, -0.2) is 0 Å². The first-order chi connectivity index (χ1) is 12.7. The number of amides is 1. The Balaban J connectivity index is 1.27. The van der Waals surface area contributed by atoms with Gasteiger partial charge >= 0.3 is 0 Å². The molecule has 1 amide bonds. The van der Waals surface area contributed by atoms with Gasteiger partial charge in [0, 0.05) is 43.9 Å². The quantitative estimate of drug-likeness (QED) is 0.819. The highest BCUT2D eigenvalue weighted by atomic mass is 16.5. The Labute approximate surface area is 152 Å². The third-order valence-electron chi connectivity index (χ3n) is 5.29. The van der Waals surface area contributed by atoms with E-state index in [0.717, 1.165) is 24.9 Å². The van der Waals surface area contributed by atoms with Crippen molar-refractivity contribution in [3.8, 4) is 11.4 Å². The Morgan fingerprint density at radius 3 is 3.00 bits per heavy atom. The minimum absolute atomic E-state index is 0.0704. The molecule has 0 radical (unpaired) electrons. The van der Waals surface area contributed by atoms with Crippen LogP contribution in [0.2, 0.25) is 0 Å². The average Bonchev–Trinajstić information content (AvgIpc) is 3.32. The number of carbonyl (C=O) groups is 1. The van der Waals surface area contributed by atoms with Crippen molar-refractivity contribution in [1.82, 2.24) is 20.0 Å². The Morgan fingerprint density at radius 1 is 1.31 bits per heavy atom. The van der Waals surface area contributed by atoms with E-state index in [1.807, 2.05) is 17.0 Å². The zero-order chi connectivity index (χ0) is 17.8. The van der Waals surface area contributed by atoms with Gasteiger partial charge in [-0.2, -0.15) is 4.98 Å². The van der Waals surface area contributed by atoms with E-state index in [9.17, 15) is 4.79 Å². The summed E-state index contributed by atoms with van der Waals surface area (Å²) >= 11 is 0. The number of pyridine rings is 1. The maximum atomic E-state index is 12.6. The number of nitrogens with zero attached hydrogens (tertiary/aromatic N) is 4. The van der Waals surface area contributed by atoms with E-state index in [1.54, 1.807) is 12.4 Å². The van der Waals surface area contributed by atoms with E-state index in [-0.39, 0.29) is 11.5 Å². The highest BCUT2D eigenvalue weighted by Gasteiger charge is 2.40. The normalized spacial score (nSPS) is 19.2. The lowest BCUT2D eigenvalue weighted by Gasteiger charge is -2.40. The van der Waals surface area contributed by atoms with Gasteiger partial charge in [0.2, 0.25) is 17.6 Å². The van der Waals surface area contributed by atoms with Crippen LogP contribution in [0.4, 0.5) is 0 Å². The predicted molar refractivity (Wildman–Crippen MR) is 94.2 cm³/mol. The first-order valence-electron chi connectivity index (χ1n) is 9.39. The Morgan fingerprint density at radius 2 is 2.19 bits per heavy atom. The van der Waals surface area contributed by atoms with Gasteiger partial charge < -0.3 is 14.2 Å². The SMILES string of the molecule is O=C(CCCc1nc(-c2cccnc2)no1)N1CCOC2(CCCC2)C1. The van der Waals surface area contributed by atoms with Crippen molar-refractivity contribution < 1.29 is 14.1 Å². The molecule has 26 heavy (non-hydrogen) atoms. The molecule has 0 bridgehead atoms. The molecule has 2 fully saturated rings. The van der Waals surface area contributed by atoms with Crippen molar-refractivity contribution in [1.29, 1.82) is 0 Å². The van der Waals surface area contributed by atoms with Crippen LogP contribution in [0.1, 0.15) is 44.4 Å². The molecular formula is C19H24N4O3. The molecule has 0 aromatic carbocycles. The van der Waals surface area contributed by atoms with Crippen molar-refractivity contribution in [3.63, 3.8) is 0 Å². The van der Waals surface area contributed by atoms with Crippen molar-refractivity contribution in [2.75, 3.05) is 19.7 Å². The maximum absolute atomic E-state index is 12.6. The summed E-state index contributed by atoms with van der Waals surface area (Å²) in [6, 6.07) is 3.73. The van der Waals surface area contributed by atoms with Crippen molar-refractivity contribution >= 4 is 5.91 Å². The Bertz CT molecular complexity index is 740. The Kier molecular flexibility index (Phi) is 4.97. The Hall–Kier alpha value is -2.28. The molecule has 0 atom stereocenters. The van der Waals surface area contributed by atoms with Gasteiger partial charge in [0.25, 0.3) is 0 Å². The minimum atomic E-state index is -0.0704. The van der Waals surface area contributed by atoms with E-state index in [1.165, 1.54) is 12.8 Å². The maximum Gasteiger partial charge on any atom is 0.226 e. The summed E-state index contributed by atoms with van der Waals surface area (Å²) in [6.45, 7) is 2.10. The molecule has 7 heteroatoms. The molecule has 0 N–H and O–H groups in total. The molecule has 138 valence electrons. The molecule has 1 saturated carbocycles. The molecule has 1 aliphatic carbocycles. The summed E-state index contributed by atoms with van der Waals surface area (Å²) in [5.41, 5.74) is 0.757. The lowest BCUT2D eigenvalue weighted by atomic mass is 9.99. The van der Waals surface area contributed by atoms with Crippen LogP contribution in [0, 0.1) is 0 Å². The second-order valence-corrected chi connectivity index (χ2v) is 7.16. The molecule has 1 spiro atoms.